The number of nitrogens with one attached hydrogen (secondary N) is 1. The Morgan fingerprint density at radius 3 is 2.40 bits per heavy atom. The fraction of sp³-hybridized carbons (Fsp3) is 0.867. The number of carbonyl (C=O) groups excluding carboxylic acids is 1. The van der Waals surface area contributed by atoms with Crippen molar-refractivity contribution < 1.29 is 14.7 Å². The quantitative estimate of drug-likeness (QED) is 0.815. The summed E-state index contributed by atoms with van der Waals surface area (Å²) in [6, 6.07) is -0.146. The van der Waals surface area contributed by atoms with E-state index in [0.717, 1.165) is 12.8 Å². The lowest BCUT2D eigenvalue weighted by molar-refractivity contribution is -0.150. The largest absolute Gasteiger partial charge is 0.481 e. The van der Waals surface area contributed by atoms with Crippen LogP contribution in [-0.4, -0.2) is 40.6 Å². The minimum Gasteiger partial charge on any atom is -0.481 e. The number of urea groups is 1. The molecule has 1 saturated heterocycles. The van der Waals surface area contributed by atoms with Crippen LogP contribution in [0.1, 0.15) is 53.9 Å². The molecule has 0 saturated carbocycles. The normalized spacial score (nSPS) is 23.2. The van der Waals surface area contributed by atoms with Crippen LogP contribution in [-0.2, 0) is 4.79 Å². The molecule has 116 valence electrons. The molecule has 0 aromatic heterocycles. The first-order chi connectivity index (χ1) is 9.14. The van der Waals surface area contributed by atoms with Gasteiger partial charge in [-0.3, -0.25) is 4.79 Å². The average Bonchev–Trinajstić information content (AvgIpc) is 2.73. The molecule has 1 rings (SSSR count). The zero-order valence-corrected chi connectivity index (χ0v) is 13.3. The fourth-order valence-electron chi connectivity index (χ4n) is 2.96. The number of carboxylic acid groups (broad SMARTS) is 1. The molecule has 0 radical (unpaired) electrons. The predicted molar refractivity (Wildman–Crippen MR) is 78.6 cm³/mol. The summed E-state index contributed by atoms with van der Waals surface area (Å²) in [7, 11) is 0. The van der Waals surface area contributed by atoms with Gasteiger partial charge in [0.15, 0.2) is 0 Å². The van der Waals surface area contributed by atoms with Crippen molar-refractivity contribution in [3.05, 3.63) is 0 Å². The second-order valence-corrected chi connectivity index (χ2v) is 6.85. The molecule has 0 aliphatic carbocycles. The van der Waals surface area contributed by atoms with E-state index in [0.29, 0.717) is 19.5 Å². The van der Waals surface area contributed by atoms with Crippen molar-refractivity contribution in [1.82, 2.24) is 10.2 Å². The van der Waals surface area contributed by atoms with Gasteiger partial charge in [-0.1, -0.05) is 27.2 Å². The number of aliphatic carboxylic acids is 1. The Morgan fingerprint density at radius 1 is 1.40 bits per heavy atom. The highest BCUT2D eigenvalue weighted by molar-refractivity contribution is 5.80. The molecular formula is C15H28N2O3. The highest BCUT2D eigenvalue weighted by Gasteiger charge is 2.48. The second kappa shape index (κ2) is 6.02. The molecule has 20 heavy (non-hydrogen) atoms. The van der Waals surface area contributed by atoms with E-state index in [2.05, 4.69) is 12.2 Å². The van der Waals surface area contributed by atoms with Gasteiger partial charge in [-0.2, -0.15) is 0 Å². The Bertz CT molecular complexity index is 379. The van der Waals surface area contributed by atoms with E-state index in [1.54, 1.807) is 4.90 Å². The summed E-state index contributed by atoms with van der Waals surface area (Å²) >= 11 is 0. The smallest absolute Gasteiger partial charge is 0.317 e. The Kier molecular flexibility index (Phi) is 5.05. The molecule has 2 amide bonds. The zero-order chi connectivity index (χ0) is 15.6. The van der Waals surface area contributed by atoms with Gasteiger partial charge in [-0.15, -0.1) is 0 Å². The molecule has 0 aromatic rings. The van der Waals surface area contributed by atoms with Gasteiger partial charge in [0.05, 0.1) is 5.41 Å². The number of likely N-dealkylation sites (tertiary alicyclic amines) is 1. The van der Waals surface area contributed by atoms with Gasteiger partial charge < -0.3 is 15.3 Å². The average molecular weight is 284 g/mol. The summed E-state index contributed by atoms with van der Waals surface area (Å²) in [5.41, 5.74) is -1.05. The van der Waals surface area contributed by atoms with Gasteiger partial charge >= 0.3 is 12.0 Å². The molecule has 2 N–H and O–H groups in total. The zero-order valence-electron chi connectivity index (χ0n) is 13.3. The van der Waals surface area contributed by atoms with Crippen LogP contribution < -0.4 is 5.32 Å². The summed E-state index contributed by atoms with van der Waals surface area (Å²) in [5.74, 6) is -0.780. The first-order valence-electron chi connectivity index (χ1n) is 7.45. The summed E-state index contributed by atoms with van der Waals surface area (Å²) < 4.78 is 0. The number of amides is 2. The molecule has 5 nitrogen and oxygen atoms in total. The van der Waals surface area contributed by atoms with E-state index in [-0.39, 0.29) is 17.5 Å². The molecule has 1 heterocycles. The molecule has 0 bridgehead atoms. The minimum absolute atomic E-state index is 0.0152. The van der Waals surface area contributed by atoms with Gasteiger partial charge in [0, 0.05) is 18.6 Å². The third-order valence-electron chi connectivity index (χ3n) is 4.44. The summed E-state index contributed by atoms with van der Waals surface area (Å²) in [4.78, 5) is 25.5. The lowest BCUT2D eigenvalue weighted by Crippen LogP contribution is -2.50. The van der Waals surface area contributed by atoms with E-state index in [1.165, 1.54) is 0 Å². The van der Waals surface area contributed by atoms with Crippen LogP contribution in [0.2, 0.25) is 0 Å². The van der Waals surface area contributed by atoms with E-state index in [1.807, 2.05) is 27.7 Å². The van der Waals surface area contributed by atoms with Gasteiger partial charge in [0.1, 0.15) is 0 Å². The number of hydrogen-bond acceptors (Lipinski definition) is 2. The SMILES string of the molecule is CCCC(C)(C)NC(=O)N1CCC(C(=O)O)(C(C)C)C1. The van der Waals surface area contributed by atoms with Crippen molar-refractivity contribution in [1.29, 1.82) is 0 Å². The van der Waals surface area contributed by atoms with Crippen LogP contribution in [0.5, 0.6) is 0 Å². The molecule has 1 aliphatic rings. The summed E-state index contributed by atoms with van der Waals surface area (Å²) in [5, 5.41) is 12.5. The third kappa shape index (κ3) is 3.44. The molecule has 1 fully saturated rings. The summed E-state index contributed by atoms with van der Waals surface area (Å²) in [6.45, 7) is 10.7. The van der Waals surface area contributed by atoms with E-state index >= 15 is 0 Å². The maximum atomic E-state index is 12.3. The number of hydrogen-bond donors (Lipinski definition) is 2. The molecule has 0 aromatic carbocycles. The van der Waals surface area contributed by atoms with Crippen LogP contribution in [0.3, 0.4) is 0 Å². The van der Waals surface area contributed by atoms with Gasteiger partial charge in [-0.05, 0) is 32.6 Å². The lowest BCUT2D eigenvalue weighted by atomic mass is 9.76. The molecule has 1 aliphatic heterocycles. The highest BCUT2D eigenvalue weighted by atomic mass is 16.4. The number of carboxylic acids is 1. The Balaban J connectivity index is 2.72. The minimum atomic E-state index is -0.799. The first-order valence-corrected chi connectivity index (χ1v) is 7.45. The van der Waals surface area contributed by atoms with Crippen molar-refractivity contribution in [2.75, 3.05) is 13.1 Å². The van der Waals surface area contributed by atoms with E-state index < -0.39 is 11.4 Å². The standard InChI is InChI=1S/C15H28N2O3/c1-6-7-14(4,5)16-13(20)17-9-8-15(10-17,11(2)3)12(18)19/h11H,6-10H2,1-5H3,(H,16,20)(H,18,19). The maximum absolute atomic E-state index is 12.3. The molecule has 1 unspecified atom stereocenters. The van der Waals surface area contributed by atoms with Crippen LogP contribution in [0, 0.1) is 11.3 Å². The monoisotopic (exact) mass is 284 g/mol. The number of rotatable bonds is 5. The molecule has 0 spiro atoms. The van der Waals surface area contributed by atoms with Crippen LogP contribution in [0.15, 0.2) is 0 Å². The molecule has 1 atom stereocenters. The number of nitrogens with zero attached hydrogens (tertiary/aromatic N) is 1. The van der Waals surface area contributed by atoms with Crippen molar-refractivity contribution >= 4 is 12.0 Å². The third-order valence-corrected chi connectivity index (χ3v) is 4.44. The Labute approximate surface area is 121 Å². The van der Waals surface area contributed by atoms with Crippen molar-refractivity contribution in [3.63, 3.8) is 0 Å². The second-order valence-electron chi connectivity index (χ2n) is 6.85. The van der Waals surface area contributed by atoms with Gasteiger partial charge in [-0.25, -0.2) is 4.79 Å². The van der Waals surface area contributed by atoms with E-state index in [4.69, 9.17) is 0 Å². The lowest BCUT2D eigenvalue weighted by Gasteiger charge is -2.31. The Hall–Kier alpha value is -1.26. The van der Waals surface area contributed by atoms with Crippen molar-refractivity contribution in [2.24, 2.45) is 11.3 Å². The van der Waals surface area contributed by atoms with Crippen LogP contribution >= 0.6 is 0 Å². The maximum Gasteiger partial charge on any atom is 0.317 e. The highest BCUT2D eigenvalue weighted by Crippen LogP contribution is 2.38. The van der Waals surface area contributed by atoms with E-state index in [9.17, 15) is 14.7 Å². The first kappa shape index (κ1) is 16.8. The number of carbonyl (C=O) groups is 2. The van der Waals surface area contributed by atoms with Crippen molar-refractivity contribution in [2.45, 2.75) is 59.4 Å². The predicted octanol–water partition coefficient (Wildman–Crippen LogP) is 2.71. The molecule has 5 heteroatoms. The Morgan fingerprint density at radius 2 is 2.00 bits per heavy atom. The topological polar surface area (TPSA) is 69.6 Å². The van der Waals surface area contributed by atoms with Gasteiger partial charge in [0.25, 0.3) is 0 Å². The van der Waals surface area contributed by atoms with Crippen LogP contribution in [0.4, 0.5) is 4.79 Å². The molecular weight excluding hydrogens is 256 g/mol. The van der Waals surface area contributed by atoms with Gasteiger partial charge in [0.2, 0.25) is 0 Å². The van der Waals surface area contributed by atoms with Crippen LogP contribution in [0.25, 0.3) is 0 Å². The van der Waals surface area contributed by atoms with Crippen molar-refractivity contribution in [3.8, 4) is 0 Å². The fourth-order valence-corrected chi connectivity index (χ4v) is 2.96. The summed E-state index contributed by atoms with van der Waals surface area (Å²) in [6.07, 6.45) is 2.43.